The van der Waals surface area contributed by atoms with Gasteiger partial charge in [0.25, 0.3) is 5.91 Å². The second-order valence-corrected chi connectivity index (χ2v) is 6.86. The molecule has 0 atom stereocenters. The molecule has 0 radical (unpaired) electrons. The Morgan fingerprint density at radius 2 is 1.73 bits per heavy atom. The number of nitrogens with one attached hydrogen (secondary N) is 3. The molecule has 142 valence electrons. The Morgan fingerprint density at radius 3 is 2.35 bits per heavy atom. The van der Waals surface area contributed by atoms with E-state index >= 15 is 0 Å². The maximum atomic E-state index is 12.2. The van der Waals surface area contributed by atoms with Gasteiger partial charge in [-0.2, -0.15) is 0 Å². The van der Waals surface area contributed by atoms with Gasteiger partial charge in [0, 0.05) is 23.3 Å². The summed E-state index contributed by atoms with van der Waals surface area (Å²) in [6.45, 7) is 2.29. The van der Waals surface area contributed by atoms with Crippen LogP contribution in [0.5, 0.6) is 0 Å². The predicted octanol–water partition coefficient (Wildman–Crippen LogP) is 2.82. The Balaban J connectivity index is 1.81. The van der Waals surface area contributed by atoms with E-state index in [9.17, 15) is 14.4 Å². The first-order valence-corrected chi connectivity index (χ1v) is 8.96. The molecule has 3 amide bonds. The molecule has 0 saturated heterocycles. The molecule has 7 heteroatoms. The van der Waals surface area contributed by atoms with E-state index in [-0.39, 0.29) is 36.4 Å². The first-order valence-electron chi connectivity index (χ1n) is 8.96. The summed E-state index contributed by atoms with van der Waals surface area (Å²) in [7, 11) is 1.31. The molecular formula is C19H27N3O4. The summed E-state index contributed by atoms with van der Waals surface area (Å²) in [6.07, 6.45) is 5.60. The van der Waals surface area contributed by atoms with Crippen molar-refractivity contribution >= 4 is 23.6 Å². The van der Waals surface area contributed by atoms with Gasteiger partial charge in [-0.05, 0) is 44.0 Å². The molecule has 7 nitrogen and oxygen atoms in total. The van der Waals surface area contributed by atoms with E-state index in [0.29, 0.717) is 11.3 Å². The number of hydrogen-bond acceptors (Lipinski definition) is 4. The van der Waals surface area contributed by atoms with Crippen molar-refractivity contribution in [1.82, 2.24) is 10.6 Å². The van der Waals surface area contributed by atoms with Gasteiger partial charge in [0.2, 0.25) is 0 Å². The van der Waals surface area contributed by atoms with Crippen molar-refractivity contribution in [2.24, 2.45) is 0 Å². The molecule has 1 fully saturated rings. The predicted molar refractivity (Wildman–Crippen MR) is 99.1 cm³/mol. The highest BCUT2D eigenvalue weighted by Crippen LogP contribution is 2.27. The van der Waals surface area contributed by atoms with Gasteiger partial charge in [-0.15, -0.1) is 0 Å². The van der Waals surface area contributed by atoms with Gasteiger partial charge in [0.15, 0.2) is 0 Å². The van der Waals surface area contributed by atoms with E-state index < -0.39 is 0 Å². The van der Waals surface area contributed by atoms with Gasteiger partial charge in [0.05, 0.1) is 13.5 Å². The zero-order valence-electron chi connectivity index (χ0n) is 15.4. The lowest BCUT2D eigenvalue weighted by molar-refractivity contribution is -0.140. The molecule has 1 saturated carbocycles. The quantitative estimate of drug-likeness (QED) is 0.679. The fourth-order valence-corrected chi connectivity index (χ4v) is 3.08. The highest BCUT2D eigenvalue weighted by molar-refractivity contribution is 5.95. The van der Waals surface area contributed by atoms with Crippen LogP contribution in [-0.2, 0) is 9.53 Å². The van der Waals surface area contributed by atoms with Crippen molar-refractivity contribution in [1.29, 1.82) is 0 Å². The number of ether oxygens (including phenoxy) is 1. The fourth-order valence-electron chi connectivity index (χ4n) is 3.08. The van der Waals surface area contributed by atoms with E-state index in [2.05, 4.69) is 27.6 Å². The van der Waals surface area contributed by atoms with Gasteiger partial charge in [-0.1, -0.05) is 19.3 Å². The smallest absolute Gasteiger partial charge is 0.319 e. The van der Waals surface area contributed by atoms with Crippen molar-refractivity contribution in [2.45, 2.75) is 51.0 Å². The maximum Gasteiger partial charge on any atom is 0.319 e. The number of benzene rings is 1. The Kier molecular flexibility index (Phi) is 7.00. The third-order valence-electron chi connectivity index (χ3n) is 4.62. The summed E-state index contributed by atoms with van der Waals surface area (Å²) in [5, 5.41) is 8.50. The molecule has 0 aliphatic heterocycles. The first kappa shape index (κ1) is 19.8. The molecule has 0 heterocycles. The normalized spacial score (nSPS) is 15.6. The summed E-state index contributed by atoms with van der Waals surface area (Å²) in [5.41, 5.74) is 0.926. The van der Waals surface area contributed by atoms with Crippen LogP contribution < -0.4 is 16.0 Å². The van der Waals surface area contributed by atoms with Crippen molar-refractivity contribution < 1.29 is 19.1 Å². The van der Waals surface area contributed by atoms with Crippen LogP contribution in [-0.4, -0.2) is 37.1 Å². The van der Waals surface area contributed by atoms with Gasteiger partial charge < -0.3 is 20.7 Å². The molecule has 1 aliphatic carbocycles. The van der Waals surface area contributed by atoms with Crippen molar-refractivity contribution in [2.75, 3.05) is 19.0 Å². The number of methoxy groups -OCH3 is 1. The number of amides is 3. The van der Waals surface area contributed by atoms with E-state index in [4.69, 9.17) is 0 Å². The second kappa shape index (κ2) is 9.22. The summed E-state index contributed by atoms with van der Waals surface area (Å²) in [6, 6.07) is 6.39. The molecule has 2 rings (SSSR count). The minimum atomic E-state index is -0.373. The monoisotopic (exact) mass is 361 g/mol. The van der Waals surface area contributed by atoms with Crippen LogP contribution in [0.3, 0.4) is 0 Å². The molecule has 1 aromatic carbocycles. The Morgan fingerprint density at radius 1 is 1.08 bits per heavy atom. The van der Waals surface area contributed by atoms with E-state index in [1.165, 1.54) is 13.5 Å². The van der Waals surface area contributed by atoms with Crippen LogP contribution >= 0.6 is 0 Å². The molecule has 1 aromatic rings. The van der Waals surface area contributed by atoms with Crippen LogP contribution in [0.1, 0.15) is 55.8 Å². The molecule has 0 unspecified atom stereocenters. The van der Waals surface area contributed by atoms with Crippen LogP contribution in [0.4, 0.5) is 10.5 Å². The van der Waals surface area contributed by atoms with Crippen LogP contribution in [0.2, 0.25) is 0 Å². The standard InChI is InChI=1S/C19H27N3O4/c1-19(11-4-3-5-12-19)22-18(25)21-15-8-6-14(7-9-15)17(24)20-13-10-16(23)26-2/h6-9H,3-5,10-13H2,1-2H3,(H,20,24)(H2,21,22,25). The van der Waals surface area contributed by atoms with E-state index in [1.807, 2.05) is 0 Å². The number of esters is 1. The molecule has 1 aliphatic rings. The van der Waals surface area contributed by atoms with Crippen molar-refractivity contribution in [3.63, 3.8) is 0 Å². The molecule has 0 aromatic heterocycles. The Bertz CT molecular complexity index is 637. The highest BCUT2D eigenvalue weighted by Gasteiger charge is 2.28. The minimum Gasteiger partial charge on any atom is -0.469 e. The molecule has 0 spiro atoms. The number of rotatable bonds is 6. The first-order chi connectivity index (χ1) is 12.4. The molecule has 0 bridgehead atoms. The van der Waals surface area contributed by atoms with Crippen LogP contribution in [0.15, 0.2) is 24.3 Å². The van der Waals surface area contributed by atoms with E-state index in [0.717, 1.165) is 25.7 Å². The topological polar surface area (TPSA) is 96.5 Å². The second-order valence-electron chi connectivity index (χ2n) is 6.86. The maximum absolute atomic E-state index is 12.2. The summed E-state index contributed by atoms with van der Waals surface area (Å²) in [4.78, 5) is 35.2. The van der Waals surface area contributed by atoms with Crippen molar-refractivity contribution in [3.8, 4) is 0 Å². The van der Waals surface area contributed by atoms with E-state index in [1.54, 1.807) is 24.3 Å². The fraction of sp³-hybridized carbons (Fsp3) is 0.526. The highest BCUT2D eigenvalue weighted by atomic mass is 16.5. The average molecular weight is 361 g/mol. The SMILES string of the molecule is COC(=O)CCNC(=O)c1ccc(NC(=O)NC2(C)CCCCC2)cc1. The number of urea groups is 1. The average Bonchev–Trinajstić information content (AvgIpc) is 2.62. The number of hydrogen-bond donors (Lipinski definition) is 3. The van der Waals surface area contributed by atoms with Gasteiger partial charge >= 0.3 is 12.0 Å². The van der Waals surface area contributed by atoms with Crippen LogP contribution in [0, 0.1) is 0 Å². The van der Waals surface area contributed by atoms with Gasteiger partial charge in [0.1, 0.15) is 0 Å². The zero-order chi connectivity index (χ0) is 19.0. The number of carbonyl (C=O) groups is 3. The van der Waals surface area contributed by atoms with Gasteiger partial charge in [-0.3, -0.25) is 9.59 Å². The Labute approximate surface area is 153 Å². The lowest BCUT2D eigenvalue weighted by atomic mass is 9.83. The van der Waals surface area contributed by atoms with Crippen molar-refractivity contribution in [3.05, 3.63) is 29.8 Å². The number of anilines is 1. The van der Waals surface area contributed by atoms with Gasteiger partial charge in [-0.25, -0.2) is 4.79 Å². The lowest BCUT2D eigenvalue weighted by Crippen LogP contribution is -2.48. The lowest BCUT2D eigenvalue weighted by Gasteiger charge is -2.34. The number of carbonyl (C=O) groups excluding carboxylic acids is 3. The largest absolute Gasteiger partial charge is 0.469 e. The molecule has 3 N–H and O–H groups in total. The summed E-state index contributed by atoms with van der Waals surface area (Å²) in [5.74, 6) is -0.651. The summed E-state index contributed by atoms with van der Waals surface area (Å²) >= 11 is 0. The molecule has 26 heavy (non-hydrogen) atoms. The summed E-state index contributed by atoms with van der Waals surface area (Å²) < 4.78 is 4.52. The molecular weight excluding hydrogens is 334 g/mol. The third-order valence-corrected chi connectivity index (χ3v) is 4.62. The van der Waals surface area contributed by atoms with Crippen LogP contribution in [0.25, 0.3) is 0 Å². The Hall–Kier alpha value is -2.57. The minimum absolute atomic E-state index is 0.126. The zero-order valence-corrected chi connectivity index (χ0v) is 15.4. The third kappa shape index (κ3) is 6.06.